The van der Waals surface area contributed by atoms with Gasteiger partial charge in [0.2, 0.25) is 0 Å². The van der Waals surface area contributed by atoms with Crippen molar-refractivity contribution < 1.29 is 19.4 Å². The third kappa shape index (κ3) is 2.70. The lowest BCUT2D eigenvalue weighted by Gasteiger charge is -2.07. The molecule has 0 aliphatic carbocycles. The molecule has 4 heteroatoms. The summed E-state index contributed by atoms with van der Waals surface area (Å²) in [7, 11) is 0. The summed E-state index contributed by atoms with van der Waals surface area (Å²) in [5.41, 5.74) is -0.0407. The number of esters is 1. The highest BCUT2D eigenvalue weighted by Gasteiger charge is 2.17. The lowest BCUT2D eigenvalue weighted by Crippen LogP contribution is -2.10. The first-order valence-corrected chi connectivity index (χ1v) is 4.78. The lowest BCUT2D eigenvalue weighted by molar-refractivity contribution is 0.0597. The van der Waals surface area contributed by atoms with E-state index >= 15 is 0 Å². The van der Waals surface area contributed by atoms with Gasteiger partial charge >= 0.3 is 11.9 Å². The number of hydrogen-bond acceptors (Lipinski definition) is 3. The molecule has 84 valence electrons. The number of carboxylic acids is 1. The smallest absolute Gasteiger partial charge is 0.344 e. The molecular weight excluding hydrogens is 208 g/mol. The fourth-order valence-corrected chi connectivity index (χ4v) is 1.11. The Morgan fingerprint density at radius 3 is 2.38 bits per heavy atom. The standard InChI is InChI=1S/C12H12O4/c1-3-8(2)16-12(15)10-7-5-4-6-9(10)11(13)14/h4-7H,2-3H2,1H3,(H,13,14). The van der Waals surface area contributed by atoms with Crippen LogP contribution in [-0.2, 0) is 4.74 Å². The summed E-state index contributed by atoms with van der Waals surface area (Å²) in [5, 5.41) is 8.88. The number of carbonyl (C=O) groups is 2. The lowest BCUT2D eigenvalue weighted by atomic mass is 10.1. The molecule has 0 fully saturated rings. The minimum absolute atomic E-state index is 0.0320. The van der Waals surface area contributed by atoms with Crippen LogP contribution in [0.5, 0.6) is 0 Å². The minimum atomic E-state index is -1.16. The van der Waals surface area contributed by atoms with Crippen LogP contribution in [0.25, 0.3) is 0 Å². The van der Waals surface area contributed by atoms with Crippen molar-refractivity contribution in [3.05, 3.63) is 47.7 Å². The number of carbonyl (C=O) groups excluding carboxylic acids is 1. The Hall–Kier alpha value is -2.10. The number of allylic oxidation sites excluding steroid dienone is 1. The highest BCUT2D eigenvalue weighted by Crippen LogP contribution is 2.12. The molecule has 1 aromatic rings. The number of rotatable bonds is 4. The molecule has 1 N–H and O–H groups in total. The molecule has 0 radical (unpaired) electrons. The average molecular weight is 220 g/mol. The largest absolute Gasteiger partial charge is 0.478 e. The van der Waals surface area contributed by atoms with Gasteiger partial charge in [-0.05, 0) is 12.1 Å². The molecule has 1 aromatic carbocycles. The number of aromatic carboxylic acids is 1. The molecular formula is C12H12O4. The summed E-state index contributed by atoms with van der Waals surface area (Å²) < 4.78 is 4.88. The average Bonchev–Trinajstić information content (AvgIpc) is 2.28. The maximum Gasteiger partial charge on any atom is 0.344 e. The maximum atomic E-state index is 11.6. The van der Waals surface area contributed by atoms with Gasteiger partial charge in [0.25, 0.3) is 0 Å². The molecule has 0 aliphatic rings. The number of hydrogen-bond donors (Lipinski definition) is 1. The second kappa shape index (κ2) is 5.11. The predicted octanol–water partition coefficient (Wildman–Crippen LogP) is 2.47. The Bertz CT molecular complexity index is 434. The topological polar surface area (TPSA) is 63.6 Å². The van der Waals surface area contributed by atoms with Gasteiger partial charge in [-0.1, -0.05) is 25.6 Å². The molecule has 0 heterocycles. The normalized spacial score (nSPS) is 9.56. The van der Waals surface area contributed by atoms with Crippen LogP contribution in [0, 0.1) is 0 Å². The van der Waals surface area contributed by atoms with Crippen LogP contribution in [-0.4, -0.2) is 17.0 Å². The van der Waals surface area contributed by atoms with E-state index in [4.69, 9.17) is 9.84 Å². The molecule has 0 saturated carbocycles. The van der Waals surface area contributed by atoms with Gasteiger partial charge in [-0.2, -0.15) is 0 Å². The van der Waals surface area contributed by atoms with E-state index in [2.05, 4.69) is 6.58 Å². The zero-order chi connectivity index (χ0) is 12.1. The van der Waals surface area contributed by atoms with E-state index < -0.39 is 11.9 Å². The highest BCUT2D eigenvalue weighted by molar-refractivity contribution is 6.02. The van der Waals surface area contributed by atoms with Gasteiger partial charge in [0.1, 0.15) is 5.76 Å². The summed E-state index contributed by atoms with van der Waals surface area (Å²) >= 11 is 0. The Balaban J connectivity index is 2.99. The molecule has 0 bridgehead atoms. The fraction of sp³-hybridized carbons (Fsp3) is 0.167. The fourth-order valence-electron chi connectivity index (χ4n) is 1.11. The Morgan fingerprint density at radius 2 is 1.88 bits per heavy atom. The van der Waals surface area contributed by atoms with E-state index in [0.29, 0.717) is 12.2 Å². The van der Waals surface area contributed by atoms with E-state index in [1.165, 1.54) is 12.1 Å². The van der Waals surface area contributed by atoms with Crippen molar-refractivity contribution >= 4 is 11.9 Å². The minimum Gasteiger partial charge on any atom is -0.478 e. The predicted molar refractivity (Wildman–Crippen MR) is 58.2 cm³/mol. The van der Waals surface area contributed by atoms with Crippen LogP contribution in [0.3, 0.4) is 0 Å². The van der Waals surface area contributed by atoms with E-state index in [-0.39, 0.29) is 11.1 Å². The quantitative estimate of drug-likeness (QED) is 0.625. The van der Waals surface area contributed by atoms with E-state index in [1.54, 1.807) is 19.1 Å². The van der Waals surface area contributed by atoms with E-state index in [1.807, 2.05) is 0 Å². The molecule has 0 unspecified atom stereocenters. The third-order valence-corrected chi connectivity index (χ3v) is 2.01. The van der Waals surface area contributed by atoms with E-state index in [9.17, 15) is 9.59 Å². The molecule has 0 aromatic heterocycles. The molecule has 4 nitrogen and oxygen atoms in total. The monoisotopic (exact) mass is 220 g/mol. The Morgan fingerprint density at radius 1 is 1.31 bits per heavy atom. The second-order valence-electron chi connectivity index (χ2n) is 3.13. The van der Waals surface area contributed by atoms with Gasteiger partial charge in [-0.15, -0.1) is 0 Å². The number of ether oxygens (including phenoxy) is 1. The zero-order valence-electron chi connectivity index (χ0n) is 8.90. The van der Waals surface area contributed by atoms with Crippen LogP contribution in [0.15, 0.2) is 36.6 Å². The maximum absolute atomic E-state index is 11.6. The van der Waals surface area contributed by atoms with Gasteiger partial charge in [0.05, 0.1) is 11.1 Å². The third-order valence-electron chi connectivity index (χ3n) is 2.01. The molecule has 0 atom stereocenters. The summed E-state index contributed by atoms with van der Waals surface area (Å²) in [6, 6.07) is 5.90. The van der Waals surface area contributed by atoms with Crippen molar-refractivity contribution in [2.45, 2.75) is 13.3 Å². The SMILES string of the molecule is C=C(CC)OC(=O)c1ccccc1C(=O)O. The molecule has 0 aliphatic heterocycles. The number of benzene rings is 1. The zero-order valence-corrected chi connectivity index (χ0v) is 8.90. The second-order valence-corrected chi connectivity index (χ2v) is 3.13. The van der Waals surface area contributed by atoms with Crippen LogP contribution in [0.2, 0.25) is 0 Å². The summed E-state index contributed by atoms with van der Waals surface area (Å²) in [4.78, 5) is 22.4. The first kappa shape index (κ1) is 12.0. The molecule has 0 spiro atoms. The first-order chi connectivity index (χ1) is 7.56. The molecule has 1 rings (SSSR count). The van der Waals surface area contributed by atoms with Crippen molar-refractivity contribution in [1.82, 2.24) is 0 Å². The van der Waals surface area contributed by atoms with Crippen molar-refractivity contribution in [2.75, 3.05) is 0 Å². The Kier molecular flexibility index (Phi) is 3.83. The van der Waals surface area contributed by atoms with Crippen LogP contribution < -0.4 is 0 Å². The summed E-state index contributed by atoms with van der Waals surface area (Å²) in [6.07, 6.45) is 0.501. The van der Waals surface area contributed by atoms with E-state index in [0.717, 1.165) is 0 Å². The molecule has 0 saturated heterocycles. The summed E-state index contributed by atoms with van der Waals surface area (Å²) in [6.45, 7) is 5.31. The molecule has 0 amide bonds. The van der Waals surface area contributed by atoms with Gasteiger partial charge < -0.3 is 9.84 Å². The van der Waals surface area contributed by atoms with Crippen LogP contribution in [0.4, 0.5) is 0 Å². The Labute approximate surface area is 93.2 Å². The summed E-state index contributed by atoms with van der Waals surface area (Å²) in [5.74, 6) is -1.54. The highest BCUT2D eigenvalue weighted by atomic mass is 16.5. The van der Waals surface area contributed by atoms with Crippen LogP contribution in [0.1, 0.15) is 34.1 Å². The van der Waals surface area contributed by atoms with Gasteiger partial charge in [0, 0.05) is 6.42 Å². The first-order valence-electron chi connectivity index (χ1n) is 4.78. The van der Waals surface area contributed by atoms with Crippen molar-refractivity contribution in [3.63, 3.8) is 0 Å². The van der Waals surface area contributed by atoms with Crippen molar-refractivity contribution in [1.29, 1.82) is 0 Å². The molecule has 16 heavy (non-hydrogen) atoms. The van der Waals surface area contributed by atoms with Crippen LogP contribution >= 0.6 is 0 Å². The number of carboxylic acid groups (broad SMARTS) is 1. The van der Waals surface area contributed by atoms with Gasteiger partial charge in [0.15, 0.2) is 0 Å². The van der Waals surface area contributed by atoms with Gasteiger partial charge in [-0.25, -0.2) is 9.59 Å². The van der Waals surface area contributed by atoms with Crippen molar-refractivity contribution in [3.8, 4) is 0 Å². The van der Waals surface area contributed by atoms with Gasteiger partial charge in [-0.3, -0.25) is 0 Å². The van der Waals surface area contributed by atoms with Crippen molar-refractivity contribution in [2.24, 2.45) is 0 Å².